The van der Waals surface area contributed by atoms with Gasteiger partial charge in [0.1, 0.15) is 0 Å². The predicted molar refractivity (Wildman–Crippen MR) is 76.2 cm³/mol. The number of carbonyl (C=O) groups is 1. The van der Waals surface area contributed by atoms with E-state index in [1.54, 1.807) is 0 Å². The molecule has 2 unspecified atom stereocenters. The summed E-state index contributed by atoms with van der Waals surface area (Å²) in [5, 5.41) is 12.7. The van der Waals surface area contributed by atoms with Crippen molar-refractivity contribution in [3.63, 3.8) is 0 Å². The van der Waals surface area contributed by atoms with Crippen LogP contribution < -0.4 is 5.32 Å². The fraction of sp³-hybridized carbons (Fsp3) is 0.562. The number of hydrogen-bond acceptors (Lipinski definition) is 2. The maximum absolute atomic E-state index is 11.5. The van der Waals surface area contributed by atoms with Crippen LogP contribution in [0.1, 0.15) is 43.0 Å². The molecule has 19 heavy (non-hydrogen) atoms. The van der Waals surface area contributed by atoms with Gasteiger partial charge in [-0.2, -0.15) is 0 Å². The van der Waals surface area contributed by atoms with Gasteiger partial charge in [0.25, 0.3) is 0 Å². The summed E-state index contributed by atoms with van der Waals surface area (Å²) in [7, 11) is 1.84. The third kappa shape index (κ3) is 2.81. The topological polar surface area (TPSA) is 49.3 Å². The molecule has 2 rings (SSSR count). The van der Waals surface area contributed by atoms with Gasteiger partial charge in [0.15, 0.2) is 0 Å². The summed E-state index contributed by atoms with van der Waals surface area (Å²) < 4.78 is 0. The highest BCUT2D eigenvalue weighted by Crippen LogP contribution is 2.31. The van der Waals surface area contributed by atoms with Crippen molar-refractivity contribution >= 4 is 5.97 Å². The molecule has 0 saturated carbocycles. The Bertz CT molecular complexity index is 468. The first-order chi connectivity index (χ1) is 9.04. The maximum Gasteiger partial charge on any atom is 0.308 e. The molecule has 1 aromatic carbocycles. The van der Waals surface area contributed by atoms with Crippen LogP contribution in [0.3, 0.4) is 0 Å². The molecule has 0 radical (unpaired) electrons. The first-order valence-electron chi connectivity index (χ1n) is 7.06. The fourth-order valence-electron chi connectivity index (χ4n) is 3.15. The average Bonchev–Trinajstić information content (AvgIpc) is 2.81. The molecule has 0 aromatic heterocycles. The number of rotatable bonds is 5. The lowest BCUT2D eigenvalue weighted by atomic mass is 9.84. The lowest BCUT2D eigenvalue weighted by Gasteiger charge is -2.27. The molecule has 1 aromatic rings. The predicted octanol–water partition coefficient (Wildman–Crippen LogP) is 2.79. The zero-order valence-electron chi connectivity index (χ0n) is 11.9. The number of nitrogens with one attached hydrogen (secondary N) is 1. The summed E-state index contributed by atoms with van der Waals surface area (Å²) in [4.78, 5) is 11.5. The summed E-state index contributed by atoms with van der Waals surface area (Å²) in [5.74, 6) is -1.03. The second kappa shape index (κ2) is 5.74. The molecule has 1 aliphatic carbocycles. The van der Waals surface area contributed by atoms with Crippen molar-refractivity contribution in [3.8, 4) is 0 Å². The van der Waals surface area contributed by atoms with Gasteiger partial charge in [0.05, 0.1) is 5.92 Å². The quantitative estimate of drug-likeness (QED) is 0.857. The molecule has 2 atom stereocenters. The Kier molecular flexibility index (Phi) is 4.25. The monoisotopic (exact) mass is 261 g/mol. The summed E-state index contributed by atoms with van der Waals surface area (Å²) in [5.41, 5.74) is 3.92. The molecule has 2 N–H and O–H groups in total. The number of carboxylic acid groups (broad SMARTS) is 1. The molecule has 0 aliphatic heterocycles. The Labute approximate surface area is 115 Å². The molecule has 0 saturated heterocycles. The molecule has 0 heterocycles. The van der Waals surface area contributed by atoms with Crippen molar-refractivity contribution in [2.24, 2.45) is 11.8 Å². The van der Waals surface area contributed by atoms with Crippen LogP contribution in [0.5, 0.6) is 0 Å². The molecule has 1 aliphatic rings. The molecular formula is C16H23NO2. The molecule has 0 fully saturated rings. The standard InChI is InChI=1S/C16H23NO2/c1-10(2)14(16(18)19)15(17-3)13-8-7-11-5-4-6-12(11)9-13/h7-10,14-15,17H,4-6H2,1-3H3,(H,18,19). The Morgan fingerprint density at radius 1 is 1.26 bits per heavy atom. The van der Waals surface area contributed by atoms with Crippen molar-refractivity contribution in [2.45, 2.75) is 39.2 Å². The zero-order chi connectivity index (χ0) is 14.0. The van der Waals surface area contributed by atoms with Crippen LogP contribution in [0.4, 0.5) is 0 Å². The highest BCUT2D eigenvalue weighted by atomic mass is 16.4. The second-order valence-corrected chi connectivity index (χ2v) is 5.76. The van der Waals surface area contributed by atoms with E-state index in [9.17, 15) is 9.90 Å². The minimum atomic E-state index is -0.727. The first kappa shape index (κ1) is 14.1. The van der Waals surface area contributed by atoms with Crippen molar-refractivity contribution in [2.75, 3.05) is 7.05 Å². The second-order valence-electron chi connectivity index (χ2n) is 5.76. The number of aliphatic carboxylic acids is 1. The van der Waals surface area contributed by atoms with E-state index in [2.05, 4.69) is 23.5 Å². The molecular weight excluding hydrogens is 238 g/mol. The van der Waals surface area contributed by atoms with Gasteiger partial charge in [-0.1, -0.05) is 32.0 Å². The van der Waals surface area contributed by atoms with E-state index in [4.69, 9.17) is 0 Å². The third-order valence-corrected chi connectivity index (χ3v) is 4.16. The van der Waals surface area contributed by atoms with E-state index in [1.807, 2.05) is 20.9 Å². The third-order valence-electron chi connectivity index (χ3n) is 4.16. The van der Waals surface area contributed by atoms with Gasteiger partial charge in [0, 0.05) is 6.04 Å². The van der Waals surface area contributed by atoms with Gasteiger partial charge < -0.3 is 10.4 Å². The molecule has 104 valence electrons. The molecule has 0 bridgehead atoms. The van der Waals surface area contributed by atoms with Crippen LogP contribution in [-0.4, -0.2) is 18.1 Å². The van der Waals surface area contributed by atoms with E-state index in [1.165, 1.54) is 17.5 Å². The van der Waals surface area contributed by atoms with Crippen molar-refractivity contribution in [1.29, 1.82) is 0 Å². The maximum atomic E-state index is 11.5. The number of fused-ring (bicyclic) bond motifs is 1. The van der Waals surface area contributed by atoms with Crippen LogP contribution in [0, 0.1) is 11.8 Å². The van der Waals surface area contributed by atoms with Gasteiger partial charge in [-0.3, -0.25) is 4.79 Å². The van der Waals surface area contributed by atoms with E-state index in [0.717, 1.165) is 18.4 Å². The smallest absolute Gasteiger partial charge is 0.308 e. The zero-order valence-corrected chi connectivity index (χ0v) is 11.9. The van der Waals surface area contributed by atoms with E-state index in [-0.39, 0.29) is 12.0 Å². The van der Waals surface area contributed by atoms with Crippen molar-refractivity contribution in [3.05, 3.63) is 34.9 Å². The summed E-state index contributed by atoms with van der Waals surface area (Å²) in [6, 6.07) is 6.33. The number of benzene rings is 1. The van der Waals surface area contributed by atoms with Gasteiger partial charge in [-0.15, -0.1) is 0 Å². The molecule has 0 amide bonds. The first-order valence-corrected chi connectivity index (χ1v) is 7.06. The van der Waals surface area contributed by atoms with Crippen molar-refractivity contribution in [1.82, 2.24) is 5.32 Å². The number of hydrogen-bond donors (Lipinski definition) is 2. The summed E-state index contributed by atoms with van der Waals surface area (Å²) in [6.07, 6.45) is 3.50. The fourth-order valence-corrected chi connectivity index (χ4v) is 3.15. The molecule has 3 nitrogen and oxygen atoms in total. The van der Waals surface area contributed by atoms with Crippen LogP contribution in [-0.2, 0) is 17.6 Å². The number of aryl methyl sites for hydroxylation is 2. The van der Waals surface area contributed by atoms with E-state index >= 15 is 0 Å². The minimum Gasteiger partial charge on any atom is -0.481 e. The van der Waals surface area contributed by atoms with Crippen LogP contribution in [0.25, 0.3) is 0 Å². The Balaban J connectivity index is 2.33. The van der Waals surface area contributed by atoms with Crippen molar-refractivity contribution < 1.29 is 9.90 Å². The Morgan fingerprint density at radius 2 is 1.95 bits per heavy atom. The average molecular weight is 261 g/mol. The van der Waals surface area contributed by atoms with Gasteiger partial charge in [0.2, 0.25) is 0 Å². The Hall–Kier alpha value is -1.35. The normalized spacial score (nSPS) is 17.3. The number of carboxylic acids is 1. The highest BCUT2D eigenvalue weighted by Gasteiger charge is 2.31. The molecule has 0 spiro atoms. The van der Waals surface area contributed by atoms with Crippen LogP contribution >= 0.6 is 0 Å². The summed E-state index contributed by atoms with van der Waals surface area (Å²) in [6.45, 7) is 3.94. The molecule has 3 heteroatoms. The largest absolute Gasteiger partial charge is 0.481 e. The highest BCUT2D eigenvalue weighted by molar-refractivity contribution is 5.71. The van der Waals surface area contributed by atoms with Gasteiger partial charge in [-0.25, -0.2) is 0 Å². The van der Waals surface area contributed by atoms with E-state index < -0.39 is 11.9 Å². The van der Waals surface area contributed by atoms with E-state index in [0.29, 0.717) is 0 Å². The van der Waals surface area contributed by atoms with Crippen LogP contribution in [0.15, 0.2) is 18.2 Å². The minimum absolute atomic E-state index is 0.100. The van der Waals surface area contributed by atoms with Gasteiger partial charge >= 0.3 is 5.97 Å². The lowest BCUT2D eigenvalue weighted by molar-refractivity contribution is -0.144. The SMILES string of the molecule is CNC(c1ccc2c(c1)CCC2)C(C(=O)O)C(C)C. The van der Waals surface area contributed by atoms with Gasteiger partial charge in [-0.05, 0) is 48.9 Å². The summed E-state index contributed by atoms with van der Waals surface area (Å²) >= 11 is 0. The Morgan fingerprint density at radius 3 is 2.53 bits per heavy atom. The lowest BCUT2D eigenvalue weighted by Crippen LogP contribution is -2.34. The van der Waals surface area contributed by atoms with Crippen LogP contribution in [0.2, 0.25) is 0 Å².